The molecule has 2 rings (SSSR count). The number of hydrogen-bond donors (Lipinski definition) is 1. The molecule has 110 valence electrons. The lowest BCUT2D eigenvalue weighted by Gasteiger charge is -2.10. The maximum Gasteiger partial charge on any atom is 0.223 e. The lowest BCUT2D eigenvalue weighted by Crippen LogP contribution is -2.24. The van der Waals surface area contributed by atoms with Crippen molar-refractivity contribution in [1.29, 1.82) is 0 Å². The van der Waals surface area contributed by atoms with Gasteiger partial charge in [0.05, 0.1) is 13.0 Å². The van der Waals surface area contributed by atoms with Crippen molar-refractivity contribution in [2.24, 2.45) is 0 Å². The average Bonchev–Trinajstić information content (AvgIpc) is 2.50. The number of rotatable bonds is 6. The van der Waals surface area contributed by atoms with Gasteiger partial charge in [-0.2, -0.15) is 0 Å². The number of nitrogens with zero attached hydrogens (tertiary/aromatic N) is 1. The number of pyridine rings is 1. The fourth-order valence-corrected chi connectivity index (χ4v) is 1.91. The number of benzene rings is 1. The highest BCUT2D eigenvalue weighted by atomic mass is 16.5. The van der Waals surface area contributed by atoms with Gasteiger partial charge in [0.15, 0.2) is 0 Å². The molecule has 0 saturated carbocycles. The third-order valence-corrected chi connectivity index (χ3v) is 3.14. The number of carbonyl (C=O) groups excluding carboxylic acids is 1. The lowest BCUT2D eigenvalue weighted by atomic mass is 10.1. The normalized spacial score (nSPS) is 10.2. The molecule has 0 saturated heterocycles. The van der Waals surface area contributed by atoms with E-state index in [0.717, 1.165) is 22.4 Å². The number of nitrogens with one attached hydrogen (secondary N) is 1. The van der Waals surface area contributed by atoms with Crippen molar-refractivity contribution in [3.63, 3.8) is 0 Å². The zero-order valence-corrected chi connectivity index (χ0v) is 12.4. The first-order valence-corrected chi connectivity index (χ1v) is 7.01. The highest BCUT2D eigenvalue weighted by Gasteiger charge is 2.04. The van der Waals surface area contributed by atoms with Gasteiger partial charge in [-0.15, -0.1) is 0 Å². The first-order valence-electron chi connectivity index (χ1n) is 7.01. The Hall–Kier alpha value is -2.36. The molecule has 0 aliphatic rings. The Labute approximate surface area is 125 Å². The molecule has 1 aromatic carbocycles. The summed E-state index contributed by atoms with van der Waals surface area (Å²) in [6.07, 6.45) is 3.80. The van der Waals surface area contributed by atoms with Crippen LogP contribution in [0.25, 0.3) is 0 Å². The van der Waals surface area contributed by atoms with Crippen LogP contribution in [0.4, 0.5) is 0 Å². The van der Waals surface area contributed by atoms with Gasteiger partial charge in [0.2, 0.25) is 5.91 Å². The Morgan fingerprint density at radius 2 is 2.14 bits per heavy atom. The third kappa shape index (κ3) is 4.91. The van der Waals surface area contributed by atoms with Gasteiger partial charge in [0, 0.05) is 18.9 Å². The van der Waals surface area contributed by atoms with E-state index in [0.29, 0.717) is 19.6 Å². The second kappa shape index (κ2) is 7.43. The maximum absolute atomic E-state index is 11.7. The molecule has 0 fully saturated rings. The summed E-state index contributed by atoms with van der Waals surface area (Å²) in [5.41, 5.74) is 3.22. The first kappa shape index (κ1) is 15.0. The number of amides is 1. The summed E-state index contributed by atoms with van der Waals surface area (Å²) in [5, 5.41) is 2.85. The summed E-state index contributed by atoms with van der Waals surface area (Å²) >= 11 is 0. The predicted molar refractivity (Wildman–Crippen MR) is 82.1 cm³/mol. The summed E-state index contributed by atoms with van der Waals surface area (Å²) in [4.78, 5) is 15.8. The molecule has 0 spiro atoms. The second-order valence-corrected chi connectivity index (χ2v) is 5.01. The van der Waals surface area contributed by atoms with Crippen LogP contribution in [0.15, 0.2) is 42.7 Å². The molecule has 0 atom stereocenters. The molecule has 2 aromatic rings. The number of aryl methyl sites for hydroxylation is 2. The van der Waals surface area contributed by atoms with E-state index in [1.165, 1.54) is 0 Å². The number of aromatic nitrogens is 1. The number of ether oxygens (including phenoxy) is 1. The second-order valence-electron chi connectivity index (χ2n) is 5.01. The topological polar surface area (TPSA) is 51.2 Å². The van der Waals surface area contributed by atoms with Crippen molar-refractivity contribution in [3.8, 4) is 5.75 Å². The van der Waals surface area contributed by atoms with Crippen LogP contribution in [0.2, 0.25) is 0 Å². The van der Waals surface area contributed by atoms with Gasteiger partial charge < -0.3 is 10.1 Å². The molecule has 1 aromatic heterocycles. The zero-order chi connectivity index (χ0) is 15.1. The Morgan fingerprint density at radius 3 is 2.90 bits per heavy atom. The van der Waals surface area contributed by atoms with Crippen LogP contribution < -0.4 is 10.1 Å². The van der Waals surface area contributed by atoms with Crippen LogP contribution in [-0.4, -0.2) is 17.5 Å². The summed E-state index contributed by atoms with van der Waals surface area (Å²) in [6.45, 7) is 4.89. The van der Waals surface area contributed by atoms with Crippen LogP contribution in [-0.2, 0) is 11.3 Å². The molecule has 0 radical (unpaired) electrons. The van der Waals surface area contributed by atoms with Crippen LogP contribution in [0.5, 0.6) is 5.75 Å². The lowest BCUT2D eigenvalue weighted by molar-refractivity contribution is -0.121. The van der Waals surface area contributed by atoms with Gasteiger partial charge in [-0.3, -0.25) is 9.78 Å². The van der Waals surface area contributed by atoms with E-state index in [9.17, 15) is 4.79 Å². The van der Waals surface area contributed by atoms with Gasteiger partial charge in [0.1, 0.15) is 5.75 Å². The highest BCUT2D eigenvalue weighted by Crippen LogP contribution is 2.19. The van der Waals surface area contributed by atoms with E-state index >= 15 is 0 Å². The van der Waals surface area contributed by atoms with E-state index in [1.54, 1.807) is 12.4 Å². The highest BCUT2D eigenvalue weighted by molar-refractivity contribution is 5.75. The van der Waals surface area contributed by atoms with Gasteiger partial charge in [-0.05, 0) is 42.7 Å². The number of carbonyl (C=O) groups is 1. The fraction of sp³-hybridized carbons (Fsp3) is 0.294. The summed E-state index contributed by atoms with van der Waals surface area (Å²) in [5.74, 6) is 0.819. The quantitative estimate of drug-likeness (QED) is 0.887. The van der Waals surface area contributed by atoms with E-state index in [-0.39, 0.29) is 5.91 Å². The number of hydrogen-bond acceptors (Lipinski definition) is 3. The summed E-state index contributed by atoms with van der Waals surface area (Å²) in [6, 6.07) is 9.84. The van der Waals surface area contributed by atoms with Gasteiger partial charge in [-0.1, -0.05) is 18.2 Å². The van der Waals surface area contributed by atoms with Gasteiger partial charge in [-0.25, -0.2) is 0 Å². The molecule has 0 aliphatic carbocycles. The molecule has 0 bridgehead atoms. The molecule has 0 aliphatic heterocycles. The van der Waals surface area contributed by atoms with Crippen LogP contribution in [0, 0.1) is 13.8 Å². The van der Waals surface area contributed by atoms with E-state index < -0.39 is 0 Å². The first-order chi connectivity index (χ1) is 10.1. The monoisotopic (exact) mass is 284 g/mol. The fourth-order valence-electron chi connectivity index (χ4n) is 1.91. The third-order valence-electron chi connectivity index (χ3n) is 3.14. The molecule has 4 heteroatoms. The van der Waals surface area contributed by atoms with Gasteiger partial charge >= 0.3 is 0 Å². The zero-order valence-electron chi connectivity index (χ0n) is 12.4. The smallest absolute Gasteiger partial charge is 0.223 e. The molecule has 1 amide bonds. The minimum absolute atomic E-state index is 0.0239. The Bertz CT molecular complexity index is 597. The Morgan fingerprint density at radius 1 is 1.29 bits per heavy atom. The van der Waals surface area contributed by atoms with Gasteiger partial charge in [0.25, 0.3) is 0 Å². The van der Waals surface area contributed by atoms with Crippen molar-refractivity contribution in [3.05, 3.63) is 59.4 Å². The van der Waals surface area contributed by atoms with E-state index in [4.69, 9.17) is 4.74 Å². The predicted octanol–water partition coefficient (Wildman–Crippen LogP) is 2.78. The van der Waals surface area contributed by atoms with Crippen molar-refractivity contribution in [1.82, 2.24) is 10.3 Å². The molecule has 21 heavy (non-hydrogen) atoms. The van der Waals surface area contributed by atoms with Crippen LogP contribution in [0.3, 0.4) is 0 Å². The maximum atomic E-state index is 11.7. The minimum Gasteiger partial charge on any atom is -0.493 e. The molecular weight excluding hydrogens is 264 g/mol. The molecule has 4 nitrogen and oxygen atoms in total. The molecule has 1 heterocycles. The molecular formula is C17H20N2O2. The minimum atomic E-state index is -0.0239. The van der Waals surface area contributed by atoms with Crippen molar-refractivity contribution < 1.29 is 9.53 Å². The van der Waals surface area contributed by atoms with E-state index in [1.807, 2.05) is 44.2 Å². The Kier molecular flexibility index (Phi) is 5.32. The SMILES string of the molecule is Cc1ccc(C)c(OCCC(=O)NCc2cccnc2)c1. The average molecular weight is 284 g/mol. The standard InChI is InChI=1S/C17H20N2O2/c1-13-5-6-14(2)16(10-13)21-9-7-17(20)19-12-15-4-3-8-18-11-15/h3-6,8,10-11H,7,9,12H2,1-2H3,(H,19,20). The van der Waals surface area contributed by atoms with E-state index in [2.05, 4.69) is 10.3 Å². The Balaban J connectivity index is 1.73. The molecule has 0 unspecified atom stereocenters. The van der Waals surface area contributed by atoms with Crippen LogP contribution >= 0.6 is 0 Å². The summed E-state index contributed by atoms with van der Waals surface area (Å²) in [7, 11) is 0. The van der Waals surface area contributed by atoms with Crippen molar-refractivity contribution in [2.45, 2.75) is 26.8 Å². The molecule has 1 N–H and O–H groups in total. The van der Waals surface area contributed by atoms with Crippen molar-refractivity contribution >= 4 is 5.91 Å². The van der Waals surface area contributed by atoms with Crippen molar-refractivity contribution in [2.75, 3.05) is 6.61 Å². The summed E-state index contributed by atoms with van der Waals surface area (Å²) < 4.78 is 5.67. The largest absolute Gasteiger partial charge is 0.493 e. The van der Waals surface area contributed by atoms with Crippen LogP contribution in [0.1, 0.15) is 23.1 Å².